The minimum absolute atomic E-state index is 0.525. The lowest BCUT2D eigenvalue weighted by Crippen LogP contribution is -2.33. The first-order valence-electron chi connectivity index (χ1n) is 7.41. The van der Waals surface area contributed by atoms with Crippen LogP contribution >= 0.6 is 0 Å². The van der Waals surface area contributed by atoms with E-state index < -0.39 is 5.60 Å². The topological polar surface area (TPSA) is 20.2 Å². The molecule has 0 fully saturated rings. The second kappa shape index (κ2) is 4.75. The Morgan fingerprint density at radius 3 is 2.40 bits per heavy atom. The zero-order chi connectivity index (χ0) is 14.3. The Balaban J connectivity index is 2.19. The lowest BCUT2D eigenvalue weighted by Gasteiger charge is -2.38. The van der Waals surface area contributed by atoms with Gasteiger partial charge in [0, 0.05) is 0 Å². The van der Waals surface area contributed by atoms with E-state index in [2.05, 4.69) is 57.2 Å². The van der Waals surface area contributed by atoms with E-state index in [9.17, 15) is 5.11 Å². The number of hydrogen-bond donors (Lipinski definition) is 1. The van der Waals surface area contributed by atoms with Gasteiger partial charge in [0.05, 0.1) is 0 Å². The zero-order valence-corrected chi connectivity index (χ0v) is 12.5. The Kier molecular flexibility index (Phi) is 3.18. The Labute approximate surface area is 121 Å². The summed E-state index contributed by atoms with van der Waals surface area (Å²) in [5.41, 5.74) is 5.01. The first-order valence-corrected chi connectivity index (χ1v) is 7.41. The fourth-order valence-electron chi connectivity index (χ4n) is 3.53. The fraction of sp³-hybridized carbons (Fsp3) is 0.368. The van der Waals surface area contributed by atoms with Crippen LogP contribution in [0.2, 0.25) is 0 Å². The molecule has 1 N–H and O–H groups in total. The van der Waals surface area contributed by atoms with Crippen molar-refractivity contribution >= 4 is 0 Å². The molecule has 20 heavy (non-hydrogen) atoms. The number of rotatable bonds is 1. The van der Waals surface area contributed by atoms with Crippen LogP contribution in [-0.4, -0.2) is 5.11 Å². The van der Waals surface area contributed by atoms with E-state index in [1.807, 2.05) is 6.07 Å². The lowest BCUT2D eigenvalue weighted by molar-refractivity contribution is 0.0578. The molecular formula is C19H22O. The van der Waals surface area contributed by atoms with E-state index in [1.54, 1.807) is 0 Å². The van der Waals surface area contributed by atoms with Crippen LogP contribution in [0.25, 0.3) is 0 Å². The van der Waals surface area contributed by atoms with Crippen LogP contribution < -0.4 is 0 Å². The highest BCUT2D eigenvalue weighted by molar-refractivity contribution is 5.46. The van der Waals surface area contributed by atoms with Crippen molar-refractivity contribution in [3.05, 3.63) is 70.3 Å². The number of benzene rings is 2. The molecule has 0 spiro atoms. The van der Waals surface area contributed by atoms with Crippen LogP contribution in [0.3, 0.4) is 0 Å². The van der Waals surface area contributed by atoms with E-state index in [1.165, 1.54) is 16.7 Å². The fourth-order valence-corrected chi connectivity index (χ4v) is 3.53. The molecule has 0 aliphatic heterocycles. The Morgan fingerprint density at radius 1 is 1.05 bits per heavy atom. The van der Waals surface area contributed by atoms with Crippen LogP contribution in [0.15, 0.2) is 42.5 Å². The minimum atomic E-state index is -0.833. The summed E-state index contributed by atoms with van der Waals surface area (Å²) < 4.78 is 0. The molecule has 3 rings (SSSR count). The Hall–Kier alpha value is -1.60. The second-order valence-electron chi connectivity index (χ2n) is 6.26. The van der Waals surface area contributed by atoms with Gasteiger partial charge < -0.3 is 5.11 Å². The Bertz CT molecular complexity index is 624. The summed E-state index contributed by atoms with van der Waals surface area (Å²) in [6.07, 6.45) is 1.83. The maximum absolute atomic E-state index is 11.4. The number of hydrogen-bond acceptors (Lipinski definition) is 1. The third-order valence-corrected chi connectivity index (χ3v) is 4.58. The maximum atomic E-state index is 11.4. The van der Waals surface area contributed by atoms with Gasteiger partial charge in [-0.3, -0.25) is 0 Å². The highest BCUT2D eigenvalue weighted by Crippen LogP contribution is 2.45. The van der Waals surface area contributed by atoms with Crippen molar-refractivity contribution in [3.8, 4) is 0 Å². The molecule has 2 atom stereocenters. The maximum Gasteiger partial charge on any atom is 0.115 e. The summed E-state index contributed by atoms with van der Waals surface area (Å²) in [4.78, 5) is 0. The molecule has 1 aliphatic carbocycles. The van der Waals surface area contributed by atoms with Gasteiger partial charge in [-0.2, -0.15) is 0 Å². The van der Waals surface area contributed by atoms with Crippen LogP contribution in [0.4, 0.5) is 0 Å². The molecule has 0 heterocycles. The second-order valence-corrected chi connectivity index (χ2v) is 6.26. The van der Waals surface area contributed by atoms with Gasteiger partial charge in [0.15, 0.2) is 0 Å². The molecule has 104 valence electrons. The van der Waals surface area contributed by atoms with Gasteiger partial charge in [-0.25, -0.2) is 0 Å². The summed E-state index contributed by atoms with van der Waals surface area (Å²) >= 11 is 0. The first kappa shape index (κ1) is 13.4. The molecule has 0 saturated heterocycles. The lowest BCUT2D eigenvalue weighted by atomic mass is 9.71. The average Bonchev–Trinajstić information content (AvgIpc) is 2.42. The van der Waals surface area contributed by atoms with Crippen LogP contribution in [0.1, 0.15) is 53.5 Å². The third-order valence-electron chi connectivity index (χ3n) is 4.58. The van der Waals surface area contributed by atoms with Gasteiger partial charge in [0.2, 0.25) is 0 Å². The summed E-state index contributed by atoms with van der Waals surface area (Å²) in [7, 11) is 0. The highest BCUT2D eigenvalue weighted by Gasteiger charge is 2.38. The normalized spacial score (nSPS) is 25.3. The summed E-state index contributed by atoms with van der Waals surface area (Å²) in [6.45, 7) is 6.44. The van der Waals surface area contributed by atoms with E-state index in [0.717, 1.165) is 24.0 Å². The highest BCUT2D eigenvalue weighted by atomic mass is 16.3. The molecule has 0 amide bonds. The van der Waals surface area contributed by atoms with Crippen molar-refractivity contribution in [2.45, 2.75) is 45.1 Å². The first-order chi connectivity index (χ1) is 9.50. The molecule has 0 saturated carbocycles. The molecule has 2 aromatic rings. The average molecular weight is 266 g/mol. The number of aliphatic hydroxyl groups is 1. The molecule has 1 aliphatic rings. The molecule has 0 bridgehead atoms. The summed E-state index contributed by atoms with van der Waals surface area (Å²) in [5, 5.41) is 11.4. The minimum Gasteiger partial charge on any atom is -0.380 e. The van der Waals surface area contributed by atoms with Gasteiger partial charge in [0.25, 0.3) is 0 Å². The van der Waals surface area contributed by atoms with E-state index >= 15 is 0 Å². The molecule has 0 aromatic heterocycles. The van der Waals surface area contributed by atoms with Crippen molar-refractivity contribution < 1.29 is 5.11 Å². The van der Waals surface area contributed by atoms with Gasteiger partial charge in [0.1, 0.15) is 5.60 Å². The third kappa shape index (κ3) is 2.06. The largest absolute Gasteiger partial charge is 0.380 e. The molecular weight excluding hydrogens is 244 g/mol. The number of aryl methyl sites for hydroxylation is 2. The molecule has 1 heteroatoms. The smallest absolute Gasteiger partial charge is 0.115 e. The van der Waals surface area contributed by atoms with Crippen LogP contribution in [0.5, 0.6) is 0 Å². The molecule has 1 nitrogen and oxygen atoms in total. The van der Waals surface area contributed by atoms with Gasteiger partial charge in [-0.1, -0.05) is 60.5 Å². The predicted molar refractivity (Wildman–Crippen MR) is 83.0 cm³/mol. The van der Waals surface area contributed by atoms with E-state index in [0.29, 0.717) is 5.92 Å². The molecule has 2 unspecified atom stereocenters. The van der Waals surface area contributed by atoms with E-state index in [4.69, 9.17) is 0 Å². The van der Waals surface area contributed by atoms with Crippen molar-refractivity contribution in [2.75, 3.05) is 0 Å². The Morgan fingerprint density at radius 2 is 1.70 bits per heavy atom. The zero-order valence-electron chi connectivity index (χ0n) is 12.5. The van der Waals surface area contributed by atoms with Crippen molar-refractivity contribution in [1.82, 2.24) is 0 Å². The standard InChI is InChI=1S/C19H22O/c1-13-10-14(2)12-16(11-13)19(20)9-8-15(3)17-6-4-5-7-18(17)19/h4-7,10-12,15,20H,8-9H2,1-3H3. The summed E-state index contributed by atoms with van der Waals surface area (Å²) in [5.74, 6) is 0.525. The van der Waals surface area contributed by atoms with Crippen molar-refractivity contribution in [1.29, 1.82) is 0 Å². The van der Waals surface area contributed by atoms with Crippen molar-refractivity contribution in [3.63, 3.8) is 0 Å². The molecule has 0 radical (unpaired) electrons. The van der Waals surface area contributed by atoms with Crippen LogP contribution in [0, 0.1) is 13.8 Å². The number of fused-ring (bicyclic) bond motifs is 1. The van der Waals surface area contributed by atoms with Gasteiger partial charge in [-0.05, 0) is 49.3 Å². The molecule has 2 aromatic carbocycles. The summed E-state index contributed by atoms with van der Waals surface area (Å²) in [6, 6.07) is 14.8. The quantitative estimate of drug-likeness (QED) is 0.809. The van der Waals surface area contributed by atoms with Crippen LogP contribution in [-0.2, 0) is 5.60 Å². The SMILES string of the molecule is Cc1cc(C)cc(C2(O)CCC(C)c3ccccc32)c1. The van der Waals surface area contributed by atoms with E-state index in [-0.39, 0.29) is 0 Å². The van der Waals surface area contributed by atoms with Crippen molar-refractivity contribution in [2.24, 2.45) is 0 Å². The predicted octanol–water partition coefficient (Wildman–Crippen LogP) is 4.44. The van der Waals surface area contributed by atoms with Gasteiger partial charge in [-0.15, -0.1) is 0 Å². The van der Waals surface area contributed by atoms with Gasteiger partial charge >= 0.3 is 0 Å². The monoisotopic (exact) mass is 266 g/mol.